The van der Waals surface area contributed by atoms with Crippen molar-refractivity contribution in [3.63, 3.8) is 0 Å². The molecular formula is C28H32N2O4. The first-order valence-corrected chi connectivity index (χ1v) is 11.1. The number of rotatable bonds is 4. The zero-order chi connectivity index (χ0) is 25.3. The standard InChI is InChI=1S/C28H32N2O4/c1-27(2,3)21-15-19(29)11-13-23(21)33-25(31)17-7-9-18(10-8-17)26(32)34-24-14-12-20(30)16-22(24)28(4,5)6/h7-16H,29-30H2,1-6H3. The third kappa shape index (κ3) is 5.76. The molecule has 0 spiro atoms. The fourth-order valence-electron chi connectivity index (χ4n) is 3.51. The van der Waals surface area contributed by atoms with Crippen molar-refractivity contribution in [3.05, 3.63) is 82.9 Å². The van der Waals surface area contributed by atoms with E-state index < -0.39 is 11.9 Å². The Morgan fingerprint density at radius 2 is 0.912 bits per heavy atom. The Labute approximate surface area is 200 Å². The van der Waals surface area contributed by atoms with Crippen molar-refractivity contribution in [2.45, 2.75) is 52.4 Å². The fraction of sp³-hybridized carbons (Fsp3) is 0.286. The van der Waals surface area contributed by atoms with Crippen LogP contribution < -0.4 is 20.9 Å². The molecule has 6 nitrogen and oxygen atoms in total. The van der Waals surface area contributed by atoms with E-state index in [-0.39, 0.29) is 10.8 Å². The Morgan fingerprint density at radius 3 is 1.21 bits per heavy atom. The van der Waals surface area contributed by atoms with Crippen LogP contribution in [0.2, 0.25) is 0 Å². The summed E-state index contributed by atoms with van der Waals surface area (Å²) in [7, 11) is 0. The summed E-state index contributed by atoms with van der Waals surface area (Å²) in [5.74, 6) is -0.144. The SMILES string of the molecule is CC(C)(C)c1cc(N)ccc1OC(=O)c1ccc(C(=O)Oc2ccc(N)cc2C(C)(C)C)cc1. The highest BCUT2D eigenvalue weighted by Gasteiger charge is 2.23. The van der Waals surface area contributed by atoms with Crippen molar-refractivity contribution in [3.8, 4) is 11.5 Å². The summed E-state index contributed by atoms with van der Waals surface area (Å²) >= 11 is 0. The number of anilines is 2. The Balaban J connectivity index is 1.78. The first kappa shape index (κ1) is 24.8. The van der Waals surface area contributed by atoms with E-state index in [1.165, 1.54) is 0 Å². The quantitative estimate of drug-likeness (QED) is 0.286. The number of carbonyl (C=O) groups is 2. The Hall–Kier alpha value is -3.80. The molecule has 0 atom stereocenters. The molecule has 0 bridgehead atoms. The molecule has 0 heterocycles. The van der Waals surface area contributed by atoms with Crippen LogP contribution in [0.15, 0.2) is 60.7 Å². The summed E-state index contributed by atoms with van der Waals surface area (Å²) in [5.41, 5.74) is 14.8. The van der Waals surface area contributed by atoms with E-state index in [1.807, 2.05) is 53.7 Å². The molecule has 0 aromatic heterocycles. The van der Waals surface area contributed by atoms with Crippen LogP contribution in [-0.2, 0) is 10.8 Å². The van der Waals surface area contributed by atoms with E-state index in [1.54, 1.807) is 48.5 Å². The van der Waals surface area contributed by atoms with Crippen LogP contribution in [-0.4, -0.2) is 11.9 Å². The molecule has 178 valence electrons. The second-order valence-corrected chi connectivity index (χ2v) is 10.4. The third-order valence-corrected chi connectivity index (χ3v) is 5.38. The van der Waals surface area contributed by atoms with Crippen molar-refractivity contribution >= 4 is 23.3 Å². The second-order valence-electron chi connectivity index (χ2n) is 10.4. The van der Waals surface area contributed by atoms with Crippen LogP contribution in [0.1, 0.15) is 73.4 Å². The lowest BCUT2D eigenvalue weighted by molar-refractivity contribution is 0.0717. The van der Waals surface area contributed by atoms with Gasteiger partial charge in [0.05, 0.1) is 11.1 Å². The summed E-state index contributed by atoms with van der Waals surface area (Å²) in [6.45, 7) is 12.1. The average Bonchev–Trinajstić information content (AvgIpc) is 2.74. The predicted octanol–water partition coefficient (Wildman–Crippen LogP) is 5.88. The number of nitrogen functional groups attached to an aromatic ring is 2. The van der Waals surface area contributed by atoms with Crippen molar-refractivity contribution in [2.75, 3.05) is 11.5 Å². The summed E-state index contributed by atoms with van der Waals surface area (Å²) in [5, 5.41) is 0. The summed E-state index contributed by atoms with van der Waals surface area (Å²) < 4.78 is 11.3. The van der Waals surface area contributed by atoms with Gasteiger partial charge in [0.2, 0.25) is 0 Å². The number of carbonyl (C=O) groups excluding carboxylic acids is 2. The van der Waals surface area contributed by atoms with Gasteiger partial charge in [0.25, 0.3) is 0 Å². The van der Waals surface area contributed by atoms with E-state index in [4.69, 9.17) is 20.9 Å². The van der Waals surface area contributed by atoms with Gasteiger partial charge >= 0.3 is 11.9 Å². The smallest absolute Gasteiger partial charge is 0.343 e. The number of esters is 2. The normalized spacial score (nSPS) is 11.7. The molecule has 3 rings (SSSR count). The van der Waals surface area contributed by atoms with Crippen LogP contribution in [0.4, 0.5) is 11.4 Å². The number of hydrogen-bond donors (Lipinski definition) is 2. The minimum atomic E-state index is -0.524. The second kappa shape index (κ2) is 9.21. The minimum absolute atomic E-state index is 0.257. The number of hydrogen-bond acceptors (Lipinski definition) is 6. The van der Waals surface area contributed by atoms with Gasteiger partial charge in [0, 0.05) is 22.5 Å². The Bertz CT molecular complexity index is 1120. The largest absolute Gasteiger partial charge is 0.423 e. The zero-order valence-corrected chi connectivity index (χ0v) is 20.6. The van der Waals surface area contributed by atoms with Gasteiger partial charge in [-0.1, -0.05) is 41.5 Å². The highest BCUT2D eigenvalue weighted by molar-refractivity contribution is 5.95. The molecule has 0 aliphatic carbocycles. The minimum Gasteiger partial charge on any atom is -0.423 e. The topological polar surface area (TPSA) is 105 Å². The molecule has 0 saturated heterocycles. The molecule has 0 amide bonds. The van der Waals surface area contributed by atoms with E-state index in [9.17, 15) is 9.59 Å². The van der Waals surface area contributed by atoms with Crippen LogP contribution in [0.5, 0.6) is 11.5 Å². The molecule has 0 fully saturated rings. The molecule has 3 aromatic rings. The fourth-order valence-corrected chi connectivity index (χ4v) is 3.51. The maximum Gasteiger partial charge on any atom is 0.343 e. The first-order valence-electron chi connectivity index (χ1n) is 11.1. The molecule has 0 saturated carbocycles. The summed E-state index contributed by atoms with van der Waals surface area (Å²) in [6.07, 6.45) is 0. The van der Waals surface area contributed by atoms with Crippen molar-refractivity contribution in [1.82, 2.24) is 0 Å². The van der Waals surface area contributed by atoms with E-state index >= 15 is 0 Å². The number of nitrogens with two attached hydrogens (primary N) is 2. The number of benzene rings is 3. The van der Waals surface area contributed by atoms with Gasteiger partial charge in [-0.05, 0) is 71.5 Å². The molecule has 0 aliphatic rings. The van der Waals surface area contributed by atoms with Gasteiger partial charge in [0.1, 0.15) is 11.5 Å². The molecule has 0 radical (unpaired) electrons. The van der Waals surface area contributed by atoms with Gasteiger partial charge in [-0.2, -0.15) is 0 Å². The van der Waals surface area contributed by atoms with E-state index in [0.717, 1.165) is 11.1 Å². The third-order valence-electron chi connectivity index (χ3n) is 5.38. The molecule has 0 aliphatic heterocycles. The summed E-state index contributed by atoms with van der Waals surface area (Å²) in [6, 6.07) is 16.6. The lowest BCUT2D eigenvalue weighted by atomic mass is 9.86. The molecule has 34 heavy (non-hydrogen) atoms. The van der Waals surface area contributed by atoms with E-state index in [2.05, 4.69) is 0 Å². The van der Waals surface area contributed by atoms with Gasteiger partial charge in [-0.15, -0.1) is 0 Å². The van der Waals surface area contributed by atoms with Crippen LogP contribution in [0.25, 0.3) is 0 Å². The Kier molecular flexibility index (Phi) is 6.73. The average molecular weight is 461 g/mol. The Morgan fingerprint density at radius 1 is 0.588 bits per heavy atom. The van der Waals surface area contributed by atoms with Gasteiger partial charge < -0.3 is 20.9 Å². The lowest BCUT2D eigenvalue weighted by Gasteiger charge is -2.23. The van der Waals surface area contributed by atoms with Crippen molar-refractivity contribution in [1.29, 1.82) is 0 Å². The molecule has 3 aromatic carbocycles. The maximum absolute atomic E-state index is 12.8. The zero-order valence-electron chi connectivity index (χ0n) is 20.6. The summed E-state index contributed by atoms with van der Waals surface area (Å²) in [4.78, 5) is 25.5. The molecular weight excluding hydrogens is 428 g/mol. The van der Waals surface area contributed by atoms with E-state index in [0.29, 0.717) is 34.0 Å². The first-order chi connectivity index (χ1) is 15.8. The van der Waals surface area contributed by atoms with Crippen molar-refractivity contribution in [2.24, 2.45) is 0 Å². The number of ether oxygens (including phenoxy) is 2. The monoisotopic (exact) mass is 460 g/mol. The van der Waals surface area contributed by atoms with Crippen LogP contribution in [0.3, 0.4) is 0 Å². The van der Waals surface area contributed by atoms with Crippen LogP contribution >= 0.6 is 0 Å². The van der Waals surface area contributed by atoms with Gasteiger partial charge in [0.15, 0.2) is 0 Å². The molecule has 0 unspecified atom stereocenters. The maximum atomic E-state index is 12.8. The molecule has 6 heteroatoms. The van der Waals surface area contributed by atoms with Crippen molar-refractivity contribution < 1.29 is 19.1 Å². The lowest BCUT2D eigenvalue weighted by Crippen LogP contribution is -2.18. The highest BCUT2D eigenvalue weighted by Crippen LogP contribution is 2.34. The van der Waals surface area contributed by atoms with Gasteiger partial charge in [-0.25, -0.2) is 9.59 Å². The van der Waals surface area contributed by atoms with Crippen LogP contribution in [0, 0.1) is 0 Å². The molecule has 4 N–H and O–H groups in total. The predicted molar refractivity (Wildman–Crippen MR) is 135 cm³/mol. The van der Waals surface area contributed by atoms with Gasteiger partial charge in [-0.3, -0.25) is 0 Å². The highest BCUT2D eigenvalue weighted by atomic mass is 16.5.